The van der Waals surface area contributed by atoms with Crippen LogP contribution in [0.3, 0.4) is 0 Å². The van der Waals surface area contributed by atoms with Crippen molar-refractivity contribution in [2.24, 2.45) is 0 Å². The number of hydrogen-bond donors (Lipinski definition) is 3. The summed E-state index contributed by atoms with van der Waals surface area (Å²) in [5, 5.41) is 21.4. The second kappa shape index (κ2) is 6.35. The van der Waals surface area contributed by atoms with Gasteiger partial charge >= 0.3 is 0 Å². The van der Waals surface area contributed by atoms with Gasteiger partial charge in [0, 0.05) is 12.6 Å². The van der Waals surface area contributed by atoms with Crippen LogP contribution < -0.4 is 5.32 Å². The van der Waals surface area contributed by atoms with Crippen LogP contribution in [0.2, 0.25) is 0 Å². The van der Waals surface area contributed by atoms with Crippen molar-refractivity contribution in [2.75, 3.05) is 6.54 Å². The Balaban J connectivity index is 2.29. The molecule has 0 bridgehead atoms. The highest BCUT2D eigenvalue weighted by Crippen LogP contribution is 2.18. The van der Waals surface area contributed by atoms with Crippen LogP contribution in [0.5, 0.6) is 0 Å². The molecule has 1 saturated carbocycles. The van der Waals surface area contributed by atoms with E-state index in [1.165, 1.54) is 0 Å². The minimum absolute atomic E-state index is 0.152. The largest absolute Gasteiger partial charge is 0.392 e. The summed E-state index contributed by atoms with van der Waals surface area (Å²) in [5.41, 5.74) is 0. The lowest BCUT2D eigenvalue weighted by Crippen LogP contribution is -2.44. The smallest absolute Gasteiger partial charge is 0.265 e. The number of hydrogen-bond acceptors (Lipinski definition) is 3. The van der Waals surface area contributed by atoms with E-state index >= 15 is 0 Å². The second-order valence-corrected chi connectivity index (χ2v) is 4.12. The Morgan fingerprint density at radius 1 is 1.20 bits per heavy atom. The molecule has 0 radical (unpaired) electrons. The maximum absolute atomic E-state index is 12.0. The lowest BCUT2D eigenvalue weighted by atomic mass is 10.1. The van der Waals surface area contributed by atoms with E-state index < -0.39 is 18.6 Å². The molecule has 1 aliphatic carbocycles. The third-order valence-electron chi connectivity index (χ3n) is 2.86. The molecule has 0 saturated heterocycles. The van der Waals surface area contributed by atoms with Gasteiger partial charge in [0.2, 0.25) is 0 Å². The molecular weight excluding hydrogens is 204 g/mol. The molecule has 15 heavy (non-hydrogen) atoms. The van der Waals surface area contributed by atoms with E-state index in [9.17, 15) is 13.9 Å². The van der Waals surface area contributed by atoms with Crippen LogP contribution >= 0.6 is 0 Å². The van der Waals surface area contributed by atoms with Crippen molar-refractivity contribution in [1.29, 1.82) is 0 Å². The Morgan fingerprint density at radius 2 is 1.87 bits per heavy atom. The van der Waals surface area contributed by atoms with Gasteiger partial charge in [-0.15, -0.1) is 0 Å². The molecule has 0 aromatic carbocycles. The fourth-order valence-electron chi connectivity index (χ4n) is 1.89. The van der Waals surface area contributed by atoms with Crippen molar-refractivity contribution in [2.45, 2.75) is 56.8 Å². The SMILES string of the molecule is OC(CNC1CCCCCC1O)C(F)F. The molecule has 90 valence electrons. The maximum atomic E-state index is 12.0. The van der Waals surface area contributed by atoms with E-state index in [1.807, 2.05) is 0 Å². The van der Waals surface area contributed by atoms with E-state index in [-0.39, 0.29) is 12.6 Å². The normalized spacial score (nSPS) is 30.2. The van der Waals surface area contributed by atoms with Gasteiger partial charge in [-0.1, -0.05) is 19.3 Å². The van der Waals surface area contributed by atoms with Crippen molar-refractivity contribution in [3.05, 3.63) is 0 Å². The molecule has 0 aliphatic heterocycles. The number of rotatable bonds is 4. The van der Waals surface area contributed by atoms with E-state index in [0.717, 1.165) is 25.7 Å². The lowest BCUT2D eigenvalue weighted by molar-refractivity contribution is -0.00805. The summed E-state index contributed by atoms with van der Waals surface area (Å²) in [5.74, 6) is 0. The molecule has 0 spiro atoms. The Bertz CT molecular complexity index is 181. The van der Waals surface area contributed by atoms with Crippen LogP contribution in [0, 0.1) is 0 Å². The topological polar surface area (TPSA) is 52.5 Å². The fraction of sp³-hybridized carbons (Fsp3) is 1.00. The molecule has 0 heterocycles. The molecule has 1 rings (SSSR count). The predicted molar refractivity (Wildman–Crippen MR) is 52.9 cm³/mol. The fourth-order valence-corrected chi connectivity index (χ4v) is 1.89. The maximum Gasteiger partial charge on any atom is 0.265 e. The Morgan fingerprint density at radius 3 is 2.53 bits per heavy atom. The quantitative estimate of drug-likeness (QED) is 0.621. The Labute approximate surface area is 88.5 Å². The van der Waals surface area contributed by atoms with Crippen molar-refractivity contribution in [3.63, 3.8) is 0 Å². The second-order valence-electron chi connectivity index (χ2n) is 4.12. The van der Waals surface area contributed by atoms with Crippen LogP contribution in [-0.4, -0.2) is 41.4 Å². The first-order chi connectivity index (χ1) is 7.11. The van der Waals surface area contributed by atoms with Crippen molar-refractivity contribution < 1.29 is 19.0 Å². The average Bonchev–Trinajstić information content (AvgIpc) is 2.39. The third-order valence-corrected chi connectivity index (χ3v) is 2.86. The highest BCUT2D eigenvalue weighted by atomic mass is 19.3. The molecular formula is C10H19F2NO2. The number of nitrogens with one attached hydrogen (secondary N) is 1. The van der Waals surface area contributed by atoms with Gasteiger partial charge in [0.05, 0.1) is 6.10 Å². The molecule has 3 N–H and O–H groups in total. The van der Waals surface area contributed by atoms with Crippen molar-refractivity contribution in [1.82, 2.24) is 5.32 Å². The zero-order valence-electron chi connectivity index (χ0n) is 8.70. The van der Waals surface area contributed by atoms with Gasteiger partial charge in [-0.3, -0.25) is 0 Å². The van der Waals surface area contributed by atoms with Crippen LogP contribution in [0.4, 0.5) is 8.78 Å². The number of aliphatic hydroxyl groups is 2. The van der Waals surface area contributed by atoms with Crippen LogP contribution in [0.15, 0.2) is 0 Å². The Hall–Kier alpha value is -0.260. The zero-order valence-corrected chi connectivity index (χ0v) is 8.70. The molecule has 3 atom stereocenters. The zero-order chi connectivity index (χ0) is 11.3. The summed E-state index contributed by atoms with van der Waals surface area (Å²) >= 11 is 0. The summed E-state index contributed by atoms with van der Waals surface area (Å²) in [6.07, 6.45) is -0.277. The Kier molecular flexibility index (Phi) is 5.42. The van der Waals surface area contributed by atoms with E-state index in [4.69, 9.17) is 5.11 Å². The molecule has 0 aromatic heterocycles. The van der Waals surface area contributed by atoms with Gasteiger partial charge in [0.25, 0.3) is 6.43 Å². The number of halogens is 2. The molecule has 3 unspecified atom stereocenters. The minimum atomic E-state index is -2.72. The summed E-state index contributed by atoms with van der Waals surface area (Å²) < 4.78 is 24.0. The minimum Gasteiger partial charge on any atom is -0.392 e. The molecule has 3 nitrogen and oxygen atoms in total. The van der Waals surface area contributed by atoms with Crippen molar-refractivity contribution in [3.8, 4) is 0 Å². The number of alkyl halides is 2. The van der Waals surface area contributed by atoms with Gasteiger partial charge in [0.1, 0.15) is 6.10 Å². The predicted octanol–water partition coefficient (Wildman–Crippen LogP) is 0.896. The van der Waals surface area contributed by atoms with Crippen LogP contribution in [0.1, 0.15) is 32.1 Å². The molecule has 0 aromatic rings. The molecule has 1 fully saturated rings. The van der Waals surface area contributed by atoms with E-state index in [0.29, 0.717) is 6.42 Å². The highest BCUT2D eigenvalue weighted by molar-refractivity contribution is 4.80. The lowest BCUT2D eigenvalue weighted by Gasteiger charge is -2.23. The van der Waals surface area contributed by atoms with E-state index in [1.54, 1.807) is 0 Å². The molecule has 0 amide bonds. The van der Waals surface area contributed by atoms with Gasteiger partial charge < -0.3 is 15.5 Å². The van der Waals surface area contributed by atoms with Gasteiger partial charge in [-0.05, 0) is 12.8 Å². The van der Waals surface area contributed by atoms with Crippen LogP contribution in [0.25, 0.3) is 0 Å². The molecule has 1 aliphatic rings. The van der Waals surface area contributed by atoms with Gasteiger partial charge in [0.15, 0.2) is 0 Å². The monoisotopic (exact) mass is 223 g/mol. The first-order valence-electron chi connectivity index (χ1n) is 5.49. The molecule has 5 heteroatoms. The summed E-state index contributed by atoms with van der Waals surface area (Å²) in [6.45, 7) is -0.153. The third kappa shape index (κ3) is 4.40. The first kappa shape index (κ1) is 12.8. The van der Waals surface area contributed by atoms with Crippen molar-refractivity contribution >= 4 is 0 Å². The first-order valence-corrected chi connectivity index (χ1v) is 5.49. The van der Waals surface area contributed by atoms with Crippen LogP contribution in [-0.2, 0) is 0 Å². The summed E-state index contributed by atoms with van der Waals surface area (Å²) in [4.78, 5) is 0. The summed E-state index contributed by atoms with van der Waals surface area (Å²) in [6, 6.07) is -0.152. The highest BCUT2D eigenvalue weighted by Gasteiger charge is 2.23. The summed E-state index contributed by atoms with van der Waals surface area (Å²) in [7, 11) is 0. The average molecular weight is 223 g/mol. The standard InChI is InChI=1S/C10H19F2NO2/c11-10(12)9(15)6-13-7-4-2-1-3-5-8(7)14/h7-10,13-15H,1-6H2. The number of aliphatic hydroxyl groups excluding tert-OH is 2. The van der Waals surface area contributed by atoms with Gasteiger partial charge in [-0.2, -0.15) is 0 Å². The van der Waals surface area contributed by atoms with E-state index in [2.05, 4.69) is 5.32 Å². The van der Waals surface area contributed by atoms with Gasteiger partial charge in [-0.25, -0.2) is 8.78 Å².